The van der Waals surface area contributed by atoms with E-state index in [1.54, 1.807) is 0 Å². The number of hydrogen-bond donors (Lipinski definition) is 1. The van der Waals surface area contributed by atoms with E-state index in [4.69, 9.17) is 9.47 Å². The molecule has 1 rings (SSSR count). The van der Waals surface area contributed by atoms with Crippen LogP contribution in [0, 0.1) is 10.1 Å². The van der Waals surface area contributed by atoms with Crippen LogP contribution < -0.4 is 14.8 Å². The summed E-state index contributed by atoms with van der Waals surface area (Å²) in [6.45, 7) is 1.55. The lowest BCUT2D eigenvalue weighted by molar-refractivity contribution is -0.387. The third-order valence-electron chi connectivity index (χ3n) is 2.45. The van der Waals surface area contributed by atoms with Gasteiger partial charge in [0.25, 0.3) is 0 Å². The Kier molecular flexibility index (Phi) is 5.91. The molecule has 0 unspecified atom stereocenters. The van der Waals surface area contributed by atoms with Gasteiger partial charge in [0.1, 0.15) is 0 Å². The Hall–Kier alpha value is -2.16. The van der Waals surface area contributed by atoms with Crippen molar-refractivity contribution in [2.24, 2.45) is 0 Å². The molecule has 20 heavy (non-hydrogen) atoms. The van der Waals surface area contributed by atoms with Gasteiger partial charge in [0.15, 0.2) is 0 Å². The Morgan fingerprint density at radius 1 is 1.25 bits per heavy atom. The van der Waals surface area contributed by atoms with Crippen LogP contribution in [0.5, 0.6) is 11.8 Å². The predicted molar refractivity (Wildman–Crippen MR) is 73.5 cm³/mol. The molecule has 1 N–H and O–H groups in total. The maximum absolute atomic E-state index is 10.9. The summed E-state index contributed by atoms with van der Waals surface area (Å²) in [5, 5.41) is 13.9. The summed E-state index contributed by atoms with van der Waals surface area (Å²) < 4.78 is 9.83. The minimum Gasteiger partial charge on any atom is -0.476 e. The molecule has 0 aliphatic rings. The van der Waals surface area contributed by atoms with Crippen molar-refractivity contribution in [2.45, 2.75) is 6.42 Å². The second-order valence-corrected chi connectivity index (χ2v) is 4.26. The average Bonchev–Trinajstić information content (AvgIpc) is 2.41. The smallest absolute Gasteiger partial charge is 0.392 e. The van der Waals surface area contributed by atoms with Crippen LogP contribution in [0.1, 0.15) is 6.42 Å². The van der Waals surface area contributed by atoms with E-state index in [0.29, 0.717) is 6.54 Å². The molecule has 1 heterocycles. The van der Waals surface area contributed by atoms with Crippen LogP contribution in [0.2, 0.25) is 0 Å². The molecule has 1 aromatic rings. The molecule has 0 aliphatic carbocycles. The first-order valence-electron chi connectivity index (χ1n) is 6.02. The van der Waals surface area contributed by atoms with Crippen LogP contribution in [0.15, 0.2) is 0 Å². The molecule has 0 saturated heterocycles. The first-order valence-corrected chi connectivity index (χ1v) is 6.02. The monoisotopic (exact) mass is 285 g/mol. The fourth-order valence-corrected chi connectivity index (χ4v) is 1.53. The van der Waals surface area contributed by atoms with Crippen molar-refractivity contribution in [2.75, 3.05) is 46.7 Å². The zero-order valence-electron chi connectivity index (χ0n) is 12.0. The van der Waals surface area contributed by atoms with Gasteiger partial charge in [0.2, 0.25) is 5.95 Å². The number of nitrogens with one attached hydrogen (secondary N) is 1. The fourth-order valence-electron chi connectivity index (χ4n) is 1.53. The number of rotatable bonds is 8. The molecule has 0 fully saturated rings. The van der Waals surface area contributed by atoms with Gasteiger partial charge in [-0.25, -0.2) is 0 Å². The first-order chi connectivity index (χ1) is 9.49. The third kappa shape index (κ3) is 4.19. The van der Waals surface area contributed by atoms with Crippen LogP contribution in [-0.2, 0) is 0 Å². The average molecular weight is 285 g/mol. The number of hydrogen-bond acceptors (Lipinski definition) is 8. The normalized spacial score (nSPS) is 10.4. The Labute approximate surface area is 117 Å². The number of anilines is 1. The molecular weight excluding hydrogens is 266 g/mol. The number of aromatic nitrogens is 2. The second-order valence-electron chi connectivity index (χ2n) is 4.26. The van der Waals surface area contributed by atoms with Gasteiger partial charge in [-0.1, -0.05) is 0 Å². The summed E-state index contributed by atoms with van der Waals surface area (Å²) in [6.07, 6.45) is 0.887. The van der Waals surface area contributed by atoms with E-state index >= 15 is 0 Å². The highest BCUT2D eigenvalue weighted by atomic mass is 16.6. The third-order valence-corrected chi connectivity index (χ3v) is 2.45. The summed E-state index contributed by atoms with van der Waals surface area (Å²) >= 11 is 0. The van der Waals surface area contributed by atoms with E-state index in [2.05, 4.69) is 20.2 Å². The SMILES string of the molecule is COc1nc(NCCCN(C)C)nc(OC)c1[N+](=O)[O-]. The van der Waals surface area contributed by atoms with Gasteiger partial charge in [0, 0.05) is 6.54 Å². The van der Waals surface area contributed by atoms with Crippen molar-refractivity contribution in [3.05, 3.63) is 10.1 Å². The van der Waals surface area contributed by atoms with Crippen LogP contribution in [0.4, 0.5) is 11.6 Å². The highest BCUT2D eigenvalue weighted by Crippen LogP contribution is 2.34. The Balaban J connectivity index is 2.85. The van der Waals surface area contributed by atoms with Gasteiger partial charge in [0.05, 0.1) is 19.1 Å². The minimum absolute atomic E-state index is 0.128. The molecule has 0 atom stereocenters. The largest absolute Gasteiger partial charge is 0.476 e. The van der Waals surface area contributed by atoms with E-state index in [9.17, 15) is 10.1 Å². The molecular formula is C11H19N5O4. The Bertz CT molecular complexity index is 441. The van der Waals surface area contributed by atoms with Gasteiger partial charge in [-0.3, -0.25) is 10.1 Å². The maximum atomic E-state index is 10.9. The molecule has 0 aliphatic heterocycles. The van der Waals surface area contributed by atoms with Gasteiger partial charge < -0.3 is 19.7 Å². The zero-order chi connectivity index (χ0) is 15.1. The minimum atomic E-state index is -0.631. The molecule has 112 valence electrons. The quantitative estimate of drug-likeness (QED) is 0.424. The number of nitrogens with zero attached hydrogens (tertiary/aromatic N) is 4. The van der Waals surface area contributed by atoms with Crippen molar-refractivity contribution >= 4 is 11.6 Å². The van der Waals surface area contributed by atoms with Crippen molar-refractivity contribution < 1.29 is 14.4 Å². The highest BCUT2D eigenvalue weighted by Gasteiger charge is 2.26. The standard InChI is InChI=1S/C11H19N5O4/c1-15(2)7-5-6-12-11-13-9(19-3)8(16(17)18)10(14-11)20-4/h5-7H2,1-4H3,(H,12,13,14). The van der Waals surface area contributed by atoms with E-state index in [-0.39, 0.29) is 23.4 Å². The lowest BCUT2D eigenvalue weighted by Gasteiger charge is -2.11. The summed E-state index contributed by atoms with van der Waals surface area (Å²) in [7, 11) is 6.58. The Morgan fingerprint density at radius 3 is 2.20 bits per heavy atom. The number of methoxy groups -OCH3 is 2. The summed E-state index contributed by atoms with van der Waals surface area (Å²) in [5.41, 5.74) is -0.381. The maximum Gasteiger partial charge on any atom is 0.392 e. The van der Waals surface area contributed by atoms with Crippen LogP contribution >= 0.6 is 0 Å². The van der Waals surface area contributed by atoms with E-state index in [1.165, 1.54) is 14.2 Å². The van der Waals surface area contributed by atoms with Crippen molar-refractivity contribution in [3.63, 3.8) is 0 Å². The fraction of sp³-hybridized carbons (Fsp3) is 0.636. The molecule has 0 saturated carbocycles. The Morgan fingerprint density at radius 2 is 1.80 bits per heavy atom. The highest BCUT2D eigenvalue weighted by molar-refractivity contribution is 5.53. The summed E-state index contributed by atoms with van der Waals surface area (Å²) in [4.78, 5) is 20.3. The van der Waals surface area contributed by atoms with E-state index < -0.39 is 4.92 Å². The van der Waals surface area contributed by atoms with Gasteiger partial charge >= 0.3 is 17.4 Å². The van der Waals surface area contributed by atoms with E-state index in [0.717, 1.165) is 13.0 Å². The molecule has 0 bridgehead atoms. The lowest BCUT2D eigenvalue weighted by atomic mass is 10.4. The summed E-state index contributed by atoms with van der Waals surface area (Å²) in [5.74, 6) is -0.0167. The van der Waals surface area contributed by atoms with Crippen LogP contribution in [0.25, 0.3) is 0 Å². The van der Waals surface area contributed by atoms with Crippen molar-refractivity contribution in [1.82, 2.24) is 14.9 Å². The topological polar surface area (TPSA) is 103 Å². The van der Waals surface area contributed by atoms with Gasteiger partial charge in [-0.05, 0) is 27.1 Å². The van der Waals surface area contributed by atoms with Gasteiger partial charge in [-0.15, -0.1) is 0 Å². The summed E-state index contributed by atoms with van der Waals surface area (Å²) in [6, 6.07) is 0. The molecule has 0 spiro atoms. The van der Waals surface area contributed by atoms with Crippen LogP contribution in [0.3, 0.4) is 0 Å². The van der Waals surface area contributed by atoms with Crippen LogP contribution in [-0.4, -0.2) is 61.2 Å². The molecule has 9 heteroatoms. The lowest BCUT2D eigenvalue weighted by Crippen LogP contribution is -2.17. The molecule has 0 aromatic carbocycles. The van der Waals surface area contributed by atoms with Crippen molar-refractivity contribution in [3.8, 4) is 11.8 Å². The number of nitro groups is 1. The zero-order valence-corrected chi connectivity index (χ0v) is 12.0. The first kappa shape index (κ1) is 15.9. The predicted octanol–water partition coefficient (Wildman–Crippen LogP) is 0.766. The van der Waals surface area contributed by atoms with Crippen molar-refractivity contribution in [1.29, 1.82) is 0 Å². The van der Waals surface area contributed by atoms with Gasteiger partial charge in [-0.2, -0.15) is 9.97 Å². The molecule has 0 amide bonds. The molecule has 1 aromatic heterocycles. The molecule has 9 nitrogen and oxygen atoms in total. The molecule has 0 radical (unpaired) electrons. The van der Waals surface area contributed by atoms with E-state index in [1.807, 2.05) is 14.1 Å². The second kappa shape index (κ2) is 7.43. The number of ether oxygens (including phenoxy) is 2.